The van der Waals surface area contributed by atoms with Gasteiger partial charge in [-0.25, -0.2) is 9.36 Å². The Balaban J connectivity index is 0.000000532. The molecule has 4 aromatic rings. The highest BCUT2D eigenvalue weighted by Gasteiger charge is 2.38. The smallest absolute Gasteiger partial charge is 0.475 e. The first kappa shape index (κ1) is 28.9. The number of hydrogen-bond donors (Lipinski definition) is 3. The van der Waals surface area contributed by atoms with Crippen molar-refractivity contribution >= 4 is 28.6 Å². The van der Waals surface area contributed by atoms with Crippen LogP contribution in [-0.2, 0) is 24.9 Å². The minimum Gasteiger partial charge on any atom is -0.475 e. The predicted octanol–water partition coefficient (Wildman–Crippen LogP) is 4.09. The van der Waals surface area contributed by atoms with Gasteiger partial charge in [0.1, 0.15) is 18.6 Å². The molecule has 2 aromatic carbocycles. The number of aryl methyl sites for hydroxylation is 1. The minimum atomic E-state index is -5.08. The number of aliphatic carboxylic acids is 1. The summed E-state index contributed by atoms with van der Waals surface area (Å²) in [5.41, 5.74) is 10.1. The Labute approximate surface area is 223 Å². The first-order chi connectivity index (χ1) is 18.4. The molecule has 0 saturated heterocycles. The second-order valence-corrected chi connectivity index (χ2v) is 8.78. The number of aromatic nitrogens is 2. The van der Waals surface area contributed by atoms with Crippen molar-refractivity contribution in [1.29, 1.82) is 5.41 Å². The molecule has 0 aliphatic heterocycles. The molecule has 204 valence electrons. The molecule has 39 heavy (non-hydrogen) atoms. The van der Waals surface area contributed by atoms with E-state index in [9.17, 15) is 18.0 Å². The number of halogens is 3. The summed E-state index contributed by atoms with van der Waals surface area (Å²) in [4.78, 5) is 24.4. The van der Waals surface area contributed by atoms with E-state index in [1.165, 1.54) is 0 Å². The minimum absolute atomic E-state index is 0.000324. The number of nitrogens with zero attached hydrogens (tertiary/aromatic N) is 3. The molecule has 4 N–H and O–H groups in total. The van der Waals surface area contributed by atoms with E-state index in [4.69, 9.17) is 21.0 Å². The van der Waals surface area contributed by atoms with E-state index >= 15 is 0 Å². The summed E-state index contributed by atoms with van der Waals surface area (Å²) in [6.45, 7) is 3.69. The monoisotopic (exact) mass is 540 g/mol. The molecule has 0 spiro atoms. The van der Waals surface area contributed by atoms with Crippen LogP contribution in [0.4, 0.5) is 13.2 Å². The Kier molecular flexibility index (Phi) is 9.08. The number of carboxylic acid groups (broad SMARTS) is 1. The van der Waals surface area contributed by atoms with Crippen LogP contribution in [0.3, 0.4) is 0 Å². The third-order valence-corrected chi connectivity index (χ3v) is 5.94. The number of alkyl halides is 3. The third kappa shape index (κ3) is 7.44. The normalized spacial score (nSPS) is 11.0. The van der Waals surface area contributed by atoms with Crippen molar-refractivity contribution in [3.8, 4) is 0 Å². The number of rotatable bonds is 7. The average Bonchev–Trinajstić information content (AvgIpc) is 3.26. The maximum absolute atomic E-state index is 13.6. The molecule has 0 aliphatic rings. The fourth-order valence-corrected chi connectivity index (χ4v) is 3.92. The summed E-state index contributed by atoms with van der Waals surface area (Å²) in [5, 5.41) is 15.9. The van der Waals surface area contributed by atoms with Crippen molar-refractivity contribution < 1.29 is 32.4 Å². The van der Waals surface area contributed by atoms with E-state index < -0.39 is 12.1 Å². The zero-order valence-corrected chi connectivity index (χ0v) is 21.4. The Bertz CT molecular complexity index is 1480. The maximum Gasteiger partial charge on any atom is 0.490 e. The van der Waals surface area contributed by atoms with Crippen LogP contribution in [-0.4, -0.2) is 45.0 Å². The first-order valence-electron chi connectivity index (χ1n) is 12.0. The van der Waals surface area contributed by atoms with Gasteiger partial charge in [0.2, 0.25) is 0 Å². The van der Waals surface area contributed by atoms with Gasteiger partial charge in [0.15, 0.2) is 12.4 Å². The fourth-order valence-electron chi connectivity index (χ4n) is 3.92. The Morgan fingerprint density at radius 3 is 2.26 bits per heavy atom. The molecule has 0 fully saturated rings. The molecule has 4 rings (SSSR count). The number of amidine groups is 1. The van der Waals surface area contributed by atoms with E-state index in [1.807, 2.05) is 103 Å². The van der Waals surface area contributed by atoms with Crippen LogP contribution < -0.4 is 10.3 Å². The number of pyridine rings is 1. The molecule has 2 heterocycles. The molecule has 0 atom stereocenters. The van der Waals surface area contributed by atoms with Gasteiger partial charge in [-0.1, -0.05) is 36.4 Å². The molecule has 0 saturated carbocycles. The highest BCUT2D eigenvalue weighted by Crippen LogP contribution is 2.23. The van der Waals surface area contributed by atoms with Crippen molar-refractivity contribution in [3.63, 3.8) is 0 Å². The summed E-state index contributed by atoms with van der Waals surface area (Å²) in [6.07, 6.45) is -1.10. The fraction of sp³-hybridized carbons (Fsp3) is 0.214. The van der Waals surface area contributed by atoms with Crippen LogP contribution in [0.15, 0.2) is 79.1 Å². The molecule has 0 radical (unpaired) electrons. The van der Waals surface area contributed by atoms with Gasteiger partial charge in [-0.2, -0.15) is 13.2 Å². The van der Waals surface area contributed by atoms with Crippen molar-refractivity contribution in [1.82, 2.24) is 9.47 Å². The van der Waals surface area contributed by atoms with Crippen molar-refractivity contribution in [2.45, 2.75) is 26.2 Å². The van der Waals surface area contributed by atoms with Gasteiger partial charge in [-0.3, -0.25) is 10.2 Å². The lowest BCUT2D eigenvalue weighted by Crippen LogP contribution is -2.33. The Hall–Kier alpha value is -4.67. The number of amides is 1. The van der Waals surface area contributed by atoms with Crippen LogP contribution in [0.5, 0.6) is 0 Å². The van der Waals surface area contributed by atoms with Gasteiger partial charge in [0, 0.05) is 48.2 Å². The molecule has 8 nitrogen and oxygen atoms in total. The second kappa shape index (κ2) is 12.2. The third-order valence-electron chi connectivity index (χ3n) is 5.94. The standard InChI is InChI=1S/C26H28N5O.C2HF3O2/c1-3-30(17-19-11-13-29(2)14-12-19)26(32)24-16-21-8-4-5-10-23(21)31(24)18-20-7-6-9-22(15-20)25(27)28;3-2(4,5)1(6)7/h4-16H,3,17-18H2,1-2H3,(H3,27,28);(H,6,7)/q+1;. The second-order valence-electron chi connectivity index (χ2n) is 8.78. The number of carbonyl (C=O) groups is 2. The number of nitrogen functional groups attached to an aromatic ring is 1. The molecular formula is C28H29F3N5O3+. The first-order valence-corrected chi connectivity index (χ1v) is 12.0. The van der Waals surface area contributed by atoms with Crippen LogP contribution in [0.1, 0.15) is 34.1 Å². The predicted molar refractivity (Wildman–Crippen MR) is 140 cm³/mol. The van der Waals surface area contributed by atoms with Crippen molar-refractivity contribution in [2.24, 2.45) is 12.8 Å². The Morgan fingerprint density at radius 2 is 1.67 bits per heavy atom. The lowest BCUT2D eigenvalue weighted by Gasteiger charge is -2.22. The number of nitrogens with two attached hydrogens (primary N) is 1. The summed E-state index contributed by atoms with van der Waals surface area (Å²) in [5.74, 6) is -2.72. The SMILES string of the molecule is CCN(Cc1cc[n+](C)cc1)C(=O)c1cc2ccccc2n1Cc1cccc(C(=N)N)c1.O=C(O)C(F)(F)F. The number of fused-ring (bicyclic) bond motifs is 1. The number of nitrogens with one attached hydrogen (secondary N) is 1. The number of carbonyl (C=O) groups excluding carboxylic acids is 1. The topological polar surface area (TPSA) is 116 Å². The number of benzene rings is 2. The molecule has 0 aliphatic carbocycles. The zero-order chi connectivity index (χ0) is 28.7. The van der Waals surface area contributed by atoms with E-state index in [0.717, 1.165) is 22.0 Å². The van der Waals surface area contributed by atoms with Crippen LogP contribution in [0.2, 0.25) is 0 Å². The van der Waals surface area contributed by atoms with E-state index in [1.54, 1.807) is 0 Å². The zero-order valence-electron chi connectivity index (χ0n) is 21.4. The van der Waals surface area contributed by atoms with E-state index in [2.05, 4.69) is 4.57 Å². The summed E-state index contributed by atoms with van der Waals surface area (Å²) in [7, 11) is 1.98. The van der Waals surface area contributed by atoms with Gasteiger partial charge < -0.3 is 20.3 Å². The van der Waals surface area contributed by atoms with Gasteiger partial charge >= 0.3 is 12.1 Å². The largest absolute Gasteiger partial charge is 0.490 e. The molecular weight excluding hydrogens is 511 g/mol. The molecule has 1 amide bonds. The van der Waals surface area contributed by atoms with Crippen molar-refractivity contribution in [2.75, 3.05) is 6.54 Å². The lowest BCUT2D eigenvalue weighted by atomic mass is 10.1. The Morgan fingerprint density at radius 1 is 1.03 bits per heavy atom. The summed E-state index contributed by atoms with van der Waals surface area (Å²) in [6, 6.07) is 21.7. The van der Waals surface area contributed by atoms with E-state index in [0.29, 0.717) is 30.9 Å². The highest BCUT2D eigenvalue weighted by molar-refractivity contribution is 5.99. The van der Waals surface area contributed by atoms with Gasteiger partial charge in [-0.15, -0.1) is 0 Å². The number of hydrogen-bond acceptors (Lipinski definition) is 3. The molecule has 11 heteroatoms. The van der Waals surface area contributed by atoms with Crippen LogP contribution in [0.25, 0.3) is 10.9 Å². The van der Waals surface area contributed by atoms with Gasteiger partial charge in [0.25, 0.3) is 5.91 Å². The quantitative estimate of drug-likeness (QED) is 0.186. The molecule has 2 aromatic heterocycles. The highest BCUT2D eigenvalue weighted by atomic mass is 19.4. The number of carboxylic acids is 1. The lowest BCUT2D eigenvalue weighted by molar-refractivity contribution is -0.671. The van der Waals surface area contributed by atoms with Gasteiger partial charge in [0.05, 0.1) is 0 Å². The van der Waals surface area contributed by atoms with Crippen LogP contribution >= 0.6 is 0 Å². The van der Waals surface area contributed by atoms with E-state index in [-0.39, 0.29) is 11.7 Å². The van der Waals surface area contributed by atoms with Gasteiger partial charge in [-0.05, 0) is 36.2 Å². The number of para-hydroxylation sites is 1. The summed E-state index contributed by atoms with van der Waals surface area (Å²) < 4.78 is 35.8. The summed E-state index contributed by atoms with van der Waals surface area (Å²) >= 11 is 0. The molecule has 0 unspecified atom stereocenters. The van der Waals surface area contributed by atoms with Crippen LogP contribution in [0, 0.1) is 5.41 Å². The van der Waals surface area contributed by atoms with Crippen molar-refractivity contribution in [3.05, 3.63) is 102 Å². The maximum atomic E-state index is 13.6. The molecule has 0 bridgehead atoms. The average molecular weight is 541 g/mol.